The third-order valence-corrected chi connectivity index (χ3v) is 4.26. The van der Waals surface area contributed by atoms with E-state index < -0.39 is 48.4 Å². The van der Waals surface area contributed by atoms with Crippen LogP contribution < -0.4 is 16.4 Å². The van der Waals surface area contributed by atoms with Gasteiger partial charge in [0.05, 0.1) is 6.61 Å². The number of amides is 3. The molecule has 0 bridgehead atoms. The molecule has 0 radical (unpaired) electrons. The van der Waals surface area contributed by atoms with Crippen molar-refractivity contribution in [3.05, 3.63) is 0 Å². The van der Waals surface area contributed by atoms with Gasteiger partial charge in [-0.2, -0.15) is 0 Å². The second kappa shape index (κ2) is 10.7. The Morgan fingerprint density at radius 2 is 1.88 bits per heavy atom. The van der Waals surface area contributed by atoms with Gasteiger partial charge in [0.1, 0.15) is 18.1 Å². The molecule has 1 heterocycles. The van der Waals surface area contributed by atoms with Gasteiger partial charge in [0.2, 0.25) is 17.7 Å². The lowest BCUT2D eigenvalue weighted by Gasteiger charge is -2.28. The lowest BCUT2D eigenvalue weighted by atomic mass is 10.1. The number of carbonyl (C=O) groups is 4. The van der Waals surface area contributed by atoms with Crippen LogP contribution in [0.1, 0.15) is 39.0 Å². The fourth-order valence-electron chi connectivity index (χ4n) is 2.95. The van der Waals surface area contributed by atoms with Gasteiger partial charge in [0, 0.05) is 13.5 Å². The van der Waals surface area contributed by atoms with Crippen LogP contribution in [-0.4, -0.2) is 76.6 Å². The third-order valence-electron chi connectivity index (χ3n) is 4.26. The Hall–Kier alpha value is -2.20. The van der Waals surface area contributed by atoms with Crippen LogP contribution in [0.2, 0.25) is 0 Å². The van der Waals surface area contributed by atoms with Gasteiger partial charge in [-0.15, -0.1) is 0 Å². The number of rotatable bonds is 10. The maximum atomic E-state index is 12.8. The number of carboxylic acids is 1. The van der Waals surface area contributed by atoms with E-state index in [9.17, 15) is 29.4 Å². The van der Waals surface area contributed by atoms with Crippen molar-refractivity contribution in [2.75, 3.05) is 19.7 Å². The standard InChI is InChI=1S/C16H28N4O6/c1-10(22)18-12(9-21)14(23)19-11(5-2-3-7-17)15(24)20-8-4-6-13(20)16(25)26/h11-13,21H,2-9,17H2,1H3,(H,18,22)(H,19,23)(H,25,26)/t11-,12-,13-/m0/s1. The number of unbranched alkanes of at least 4 members (excludes halogenated alkanes) is 1. The number of likely N-dealkylation sites (tertiary alicyclic amines) is 1. The van der Waals surface area contributed by atoms with Crippen LogP contribution in [0.15, 0.2) is 0 Å². The molecule has 1 rings (SSSR count). The lowest BCUT2D eigenvalue weighted by Crippen LogP contribution is -2.56. The molecule has 0 spiro atoms. The fraction of sp³-hybridized carbons (Fsp3) is 0.750. The Labute approximate surface area is 152 Å². The Kier molecular flexibility index (Phi) is 9.00. The molecule has 1 saturated heterocycles. The SMILES string of the molecule is CC(=O)N[C@@H](CO)C(=O)N[C@@H](CCCCN)C(=O)N1CCC[C@H]1C(=O)O. The van der Waals surface area contributed by atoms with Gasteiger partial charge >= 0.3 is 5.97 Å². The fourth-order valence-corrected chi connectivity index (χ4v) is 2.95. The molecule has 1 fully saturated rings. The van der Waals surface area contributed by atoms with Crippen molar-refractivity contribution >= 4 is 23.7 Å². The number of aliphatic hydroxyl groups is 1. The third kappa shape index (κ3) is 6.26. The van der Waals surface area contributed by atoms with E-state index in [2.05, 4.69) is 10.6 Å². The van der Waals surface area contributed by atoms with Crippen LogP contribution in [0.3, 0.4) is 0 Å². The highest BCUT2D eigenvalue weighted by Gasteiger charge is 2.37. The van der Waals surface area contributed by atoms with E-state index in [4.69, 9.17) is 5.73 Å². The highest BCUT2D eigenvalue weighted by Crippen LogP contribution is 2.19. The van der Waals surface area contributed by atoms with E-state index in [1.807, 2.05) is 0 Å². The van der Waals surface area contributed by atoms with E-state index in [1.165, 1.54) is 11.8 Å². The number of aliphatic hydroxyl groups excluding tert-OH is 1. The summed E-state index contributed by atoms with van der Waals surface area (Å²) in [6.45, 7) is 1.34. The van der Waals surface area contributed by atoms with Crippen LogP contribution in [0.4, 0.5) is 0 Å². The maximum Gasteiger partial charge on any atom is 0.326 e. The maximum absolute atomic E-state index is 12.8. The average molecular weight is 372 g/mol. The summed E-state index contributed by atoms with van der Waals surface area (Å²) in [4.78, 5) is 48.8. The van der Waals surface area contributed by atoms with Crippen LogP contribution >= 0.6 is 0 Å². The number of nitrogens with one attached hydrogen (secondary N) is 2. The Balaban J connectivity index is 2.85. The van der Waals surface area contributed by atoms with Crippen LogP contribution in [-0.2, 0) is 19.2 Å². The molecule has 3 amide bonds. The minimum absolute atomic E-state index is 0.294. The van der Waals surface area contributed by atoms with E-state index in [0.717, 1.165) is 0 Å². The van der Waals surface area contributed by atoms with Crippen molar-refractivity contribution in [2.45, 2.75) is 57.2 Å². The molecule has 6 N–H and O–H groups in total. The number of carboxylic acid groups (broad SMARTS) is 1. The zero-order chi connectivity index (χ0) is 19.7. The van der Waals surface area contributed by atoms with Gasteiger partial charge in [-0.3, -0.25) is 14.4 Å². The summed E-state index contributed by atoms with van der Waals surface area (Å²) in [6, 6.07) is -3.01. The van der Waals surface area contributed by atoms with E-state index in [1.54, 1.807) is 0 Å². The summed E-state index contributed by atoms with van der Waals surface area (Å²) in [6.07, 6.45) is 2.47. The Morgan fingerprint density at radius 3 is 2.42 bits per heavy atom. The van der Waals surface area contributed by atoms with Crippen LogP contribution in [0, 0.1) is 0 Å². The number of nitrogens with two attached hydrogens (primary N) is 1. The molecule has 10 nitrogen and oxygen atoms in total. The molecule has 26 heavy (non-hydrogen) atoms. The number of nitrogens with zero attached hydrogens (tertiary/aromatic N) is 1. The van der Waals surface area contributed by atoms with Gasteiger partial charge in [-0.1, -0.05) is 0 Å². The molecule has 0 aromatic rings. The average Bonchev–Trinajstić information content (AvgIpc) is 3.07. The molecule has 0 unspecified atom stereocenters. The molecule has 1 aliphatic heterocycles. The molecular weight excluding hydrogens is 344 g/mol. The minimum atomic E-state index is -1.17. The quantitative estimate of drug-likeness (QED) is 0.282. The monoisotopic (exact) mass is 372 g/mol. The summed E-state index contributed by atoms with van der Waals surface area (Å²) >= 11 is 0. The number of carbonyl (C=O) groups excluding carboxylic acids is 3. The number of aliphatic carboxylic acids is 1. The normalized spacial score (nSPS) is 18.9. The van der Waals surface area contributed by atoms with Crippen molar-refractivity contribution in [1.29, 1.82) is 0 Å². The predicted molar refractivity (Wildman–Crippen MR) is 91.9 cm³/mol. The first-order valence-corrected chi connectivity index (χ1v) is 8.73. The molecule has 0 aliphatic carbocycles. The van der Waals surface area contributed by atoms with Crippen LogP contribution in [0.25, 0.3) is 0 Å². The number of hydrogen-bond acceptors (Lipinski definition) is 6. The van der Waals surface area contributed by atoms with Crippen LogP contribution in [0.5, 0.6) is 0 Å². The second-order valence-electron chi connectivity index (χ2n) is 6.31. The first kappa shape index (κ1) is 21.8. The summed E-state index contributed by atoms with van der Waals surface area (Å²) in [5.74, 6) is -2.73. The van der Waals surface area contributed by atoms with Gasteiger partial charge in [-0.25, -0.2) is 4.79 Å². The molecule has 0 saturated carbocycles. The van der Waals surface area contributed by atoms with Crippen molar-refractivity contribution in [2.24, 2.45) is 5.73 Å². The number of hydrogen-bond donors (Lipinski definition) is 5. The largest absolute Gasteiger partial charge is 0.480 e. The first-order valence-electron chi connectivity index (χ1n) is 8.73. The molecule has 3 atom stereocenters. The predicted octanol–water partition coefficient (Wildman–Crippen LogP) is -1.83. The van der Waals surface area contributed by atoms with Gasteiger partial charge in [0.15, 0.2) is 0 Å². The summed E-state index contributed by atoms with van der Waals surface area (Å²) in [5, 5.41) is 23.4. The lowest BCUT2D eigenvalue weighted by molar-refractivity contribution is -0.149. The molecule has 1 aliphatic rings. The molecule has 148 valence electrons. The minimum Gasteiger partial charge on any atom is -0.480 e. The van der Waals surface area contributed by atoms with E-state index in [-0.39, 0.29) is 0 Å². The topological polar surface area (TPSA) is 162 Å². The van der Waals surface area contributed by atoms with Crippen molar-refractivity contribution in [1.82, 2.24) is 15.5 Å². The summed E-state index contributed by atoms with van der Waals surface area (Å²) in [5.41, 5.74) is 5.46. The van der Waals surface area contributed by atoms with Gasteiger partial charge in [-0.05, 0) is 38.6 Å². The van der Waals surface area contributed by atoms with E-state index >= 15 is 0 Å². The molecule has 10 heteroatoms. The van der Waals surface area contributed by atoms with Gasteiger partial charge < -0.3 is 31.5 Å². The van der Waals surface area contributed by atoms with Crippen molar-refractivity contribution in [3.63, 3.8) is 0 Å². The molecular formula is C16H28N4O6. The molecule has 0 aromatic heterocycles. The zero-order valence-corrected chi connectivity index (χ0v) is 14.9. The molecule has 0 aromatic carbocycles. The highest BCUT2D eigenvalue weighted by atomic mass is 16.4. The summed E-state index contributed by atoms with van der Waals surface area (Å²) in [7, 11) is 0. The smallest absolute Gasteiger partial charge is 0.326 e. The van der Waals surface area contributed by atoms with E-state index in [0.29, 0.717) is 45.2 Å². The zero-order valence-electron chi connectivity index (χ0n) is 14.9. The second-order valence-corrected chi connectivity index (χ2v) is 6.31. The Morgan fingerprint density at radius 1 is 1.19 bits per heavy atom. The van der Waals surface area contributed by atoms with Gasteiger partial charge in [0.25, 0.3) is 0 Å². The van der Waals surface area contributed by atoms with Crippen molar-refractivity contribution < 1.29 is 29.4 Å². The Bertz CT molecular complexity index is 527. The van der Waals surface area contributed by atoms with Crippen molar-refractivity contribution in [3.8, 4) is 0 Å². The highest BCUT2D eigenvalue weighted by molar-refractivity contribution is 5.93. The summed E-state index contributed by atoms with van der Waals surface area (Å²) < 4.78 is 0. The first-order chi connectivity index (χ1) is 12.3.